The molecule has 0 aromatic carbocycles. The lowest BCUT2D eigenvalue weighted by molar-refractivity contribution is -0.0706. The summed E-state index contributed by atoms with van der Waals surface area (Å²) in [6.45, 7) is 8.26. The van der Waals surface area contributed by atoms with Crippen molar-refractivity contribution >= 4 is 16.9 Å². The van der Waals surface area contributed by atoms with Crippen molar-refractivity contribution in [1.82, 2.24) is 14.9 Å². The van der Waals surface area contributed by atoms with E-state index in [1.54, 1.807) is 12.4 Å². The molecule has 0 bridgehead atoms. The number of hydrogen-bond donors (Lipinski definition) is 1. The van der Waals surface area contributed by atoms with E-state index < -0.39 is 0 Å². The number of H-pyrrole nitrogens is 1. The van der Waals surface area contributed by atoms with Gasteiger partial charge >= 0.3 is 0 Å². The summed E-state index contributed by atoms with van der Waals surface area (Å²) in [5.74, 6) is 0.0255. The van der Waals surface area contributed by atoms with Crippen LogP contribution in [0.25, 0.3) is 11.0 Å². The van der Waals surface area contributed by atoms with Gasteiger partial charge in [0.1, 0.15) is 5.52 Å². The fourth-order valence-corrected chi connectivity index (χ4v) is 2.65. The summed E-state index contributed by atoms with van der Waals surface area (Å²) >= 11 is 0. The van der Waals surface area contributed by atoms with Crippen LogP contribution in [0, 0.1) is 5.41 Å². The van der Waals surface area contributed by atoms with E-state index in [1.165, 1.54) is 0 Å². The minimum Gasteiger partial charge on any atom is -0.374 e. The van der Waals surface area contributed by atoms with Gasteiger partial charge < -0.3 is 14.6 Å². The van der Waals surface area contributed by atoms with E-state index in [9.17, 15) is 4.79 Å². The largest absolute Gasteiger partial charge is 0.374 e. The van der Waals surface area contributed by atoms with Gasteiger partial charge in [0.2, 0.25) is 0 Å². The standard InChI is InChI=1S/C16H21N3O2/c1-16(2,3)13-10-19(7-8-21-13)15(20)11-9-18-12-5-4-6-17-14(11)12/h4-6,9,13,18H,7-8,10H2,1-3H3. The van der Waals surface area contributed by atoms with Crippen LogP contribution in [0.3, 0.4) is 0 Å². The molecule has 3 heterocycles. The number of fused-ring (bicyclic) bond motifs is 1. The second-order valence-corrected chi connectivity index (χ2v) is 6.58. The maximum Gasteiger partial charge on any atom is 0.257 e. The maximum absolute atomic E-state index is 12.8. The van der Waals surface area contributed by atoms with Gasteiger partial charge in [-0.15, -0.1) is 0 Å². The van der Waals surface area contributed by atoms with Gasteiger partial charge in [-0.1, -0.05) is 20.8 Å². The Morgan fingerprint density at radius 3 is 3.05 bits per heavy atom. The molecule has 1 amide bonds. The Morgan fingerprint density at radius 1 is 1.48 bits per heavy atom. The molecule has 1 unspecified atom stereocenters. The van der Waals surface area contributed by atoms with Gasteiger partial charge in [-0.3, -0.25) is 9.78 Å². The number of pyridine rings is 1. The molecule has 112 valence electrons. The predicted molar refractivity (Wildman–Crippen MR) is 81.2 cm³/mol. The molecule has 0 saturated carbocycles. The third kappa shape index (κ3) is 2.65. The molecular formula is C16H21N3O2. The number of nitrogens with zero attached hydrogens (tertiary/aromatic N) is 2. The lowest BCUT2D eigenvalue weighted by Gasteiger charge is -2.39. The molecule has 1 aliphatic rings. The van der Waals surface area contributed by atoms with E-state index in [-0.39, 0.29) is 17.4 Å². The third-order valence-electron chi connectivity index (χ3n) is 3.98. The first kappa shape index (κ1) is 14.1. The van der Waals surface area contributed by atoms with E-state index in [4.69, 9.17) is 4.74 Å². The Kier molecular flexibility index (Phi) is 3.45. The minimum absolute atomic E-state index is 0.0252. The van der Waals surface area contributed by atoms with Gasteiger partial charge in [0.15, 0.2) is 0 Å². The normalized spacial score (nSPS) is 20.0. The van der Waals surface area contributed by atoms with Crippen LogP contribution in [-0.2, 0) is 4.74 Å². The van der Waals surface area contributed by atoms with Gasteiger partial charge in [-0.2, -0.15) is 0 Å². The van der Waals surface area contributed by atoms with Crippen LogP contribution in [0.5, 0.6) is 0 Å². The van der Waals surface area contributed by atoms with Crippen LogP contribution in [0.1, 0.15) is 31.1 Å². The Morgan fingerprint density at radius 2 is 2.29 bits per heavy atom. The number of hydrogen-bond acceptors (Lipinski definition) is 3. The molecule has 2 aromatic rings. The van der Waals surface area contributed by atoms with Gasteiger partial charge in [0.25, 0.3) is 5.91 Å². The summed E-state index contributed by atoms with van der Waals surface area (Å²) in [4.78, 5) is 22.1. The monoisotopic (exact) mass is 287 g/mol. The molecule has 1 saturated heterocycles. The van der Waals surface area contributed by atoms with E-state index in [0.717, 1.165) is 11.0 Å². The van der Waals surface area contributed by atoms with Crippen LogP contribution < -0.4 is 0 Å². The maximum atomic E-state index is 12.8. The van der Waals surface area contributed by atoms with E-state index in [2.05, 4.69) is 30.7 Å². The molecule has 1 aliphatic heterocycles. The van der Waals surface area contributed by atoms with Gasteiger partial charge in [0, 0.05) is 25.5 Å². The van der Waals surface area contributed by atoms with Crippen molar-refractivity contribution in [1.29, 1.82) is 0 Å². The molecule has 0 spiro atoms. The molecule has 21 heavy (non-hydrogen) atoms. The Labute approximate surface area is 124 Å². The Bertz CT molecular complexity index is 657. The molecule has 1 atom stereocenters. The molecule has 5 nitrogen and oxygen atoms in total. The molecule has 5 heteroatoms. The molecular weight excluding hydrogens is 266 g/mol. The number of amides is 1. The van der Waals surface area contributed by atoms with E-state index in [1.807, 2.05) is 17.0 Å². The summed E-state index contributed by atoms with van der Waals surface area (Å²) in [6, 6.07) is 3.79. The molecule has 2 aromatic heterocycles. The molecule has 3 rings (SSSR count). The van der Waals surface area contributed by atoms with Gasteiger partial charge in [-0.05, 0) is 17.5 Å². The van der Waals surface area contributed by atoms with Crippen molar-refractivity contribution in [2.75, 3.05) is 19.7 Å². The second kappa shape index (κ2) is 5.15. The van der Waals surface area contributed by atoms with E-state index >= 15 is 0 Å². The lowest BCUT2D eigenvalue weighted by Crippen LogP contribution is -2.50. The summed E-state index contributed by atoms with van der Waals surface area (Å²) in [6.07, 6.45) is 3.53. The van der Waals surface area contributed by atoms with Crippen LogP contribution >= 0.6 is 0 Å². The highest BCUT2D eigenvalue weighted by Gasteiger charge is 2.33. The van der Waals surface area contributed by atoms with Crippen LogP contribution in [0.15, 0.2) is 24.5 Å². The first-order valence-electron chi connectivity index (χ1n) is 7.30. The Balaban J connectivity index is 1.85. The van der Waals surface area contributed by atoms with Crippen LogP contribution in [0.2, 0.25) is 0 Å². The molecule has 0 aliphatic carbocycles. The fraction of sp³-hybridized carbons (Fsp3) is 0.500. The van der Waals surface area contributed by atoms with Crippen LogP contribution in [0.4, 0.5) is 0 Å². The lowest BCUT2D eigenvalue weighted by atomic mass is 9.88. The number of rotatable bonds is 1. The second-order valence-electron chi connectivity index (χ2n) is 6.58. The summed E-state index contributed by atoms with van der Waals surface area (Å²) in [5.41, 5.74) is 2.29. The van der Waals surface area contributed by atoms with Gasteiger partial charge in [0.05, 0.1) is 23.8 Å². The summed E-state index contributed by atoms with van der Waals surface area (Å²) in [7, 11) is 0. The smallest absolute Gasteiger partial charge is 0.257 e. The zero-order valence-electron chi connectivity index (χ0n) is 12.7. The quantitative estimate of drug-likeness (QED) is 0.876. The van der Waals surface area contributed by atoms with E-state index in [0.29, 0.717) is 25.3 Å². The number of aromatic amines is 1. The topological polar surface area (TPSA) is 58.2 Å². The number of aromatic nitrogens is 2. The predicted octanol–water partition coefficient (Wildman–Crippen LogP) is 2.45. The highest BCUT2D eigenvalue weighted by molar-refractivity contribution is 6.05. The van der Waals surface area contributed by atoms with Crippen molar-refractivity contribution in [3.8, 4) is 0 Å². The molecule has 0 radical (unpaired) electrons. The minimum atomic E-state index is 0.0252. The zero-order valence-corrected chi connectivity index (χ0v) is 12.7. The summed E-state index contributed by atoms with van der Waals surface area (Å²) < 4.78 is 5.81. The van der Waals surface area contributed by atoms with Crippen molar-refractivity contribution in [2.45, 2.75) is 26.9 Å². The van der Waals surface area contributed by atoms with Crippen molar-refractivity contribution < 1.29 is 9.53 Å². The van der Waals surface area contributed by atoms with Gasteiger partial charge in [-0.25, -0.2) is 0 Å². The Hall–Kier alpha value is -1.88. The van der Waals surface area contributed by atoms with Crippen molar-refractivity contribution in [2.24, 2.45) is 5.41 Å². The van der Waals surface area contributed by atoms with Crippen LogP contribution in [-0.4, -0.2) is 46.6 Å². The highest BCUT2D eigenvalue weighted by Crippen LogP contribution is 2.26. The highest BCUT2D eigenvalue weighted by atomic mass is 16.5. The van der Waals surface area contributed by atoms with Crippen molar-refractivity contribution in [3.63, 3.8) is 0 Å². The summed E-state index contributed by atoms with van der Waals surface area (Å²) in [5, 5.41) is 0. The number of morpholine rings is 1. The number of carbonyl (C=O) groups is 1. The first-order chi connectivity index (χ1) is 9.97. The third-order valence-corrected chi connectivity index (χ3v) is 3.98. The zero-order chi connectivity index (χ0) is 15.0. The average Bonchev–Trinajstić information content (AvgIpc) is 2.90. The molecule has 1 N–H and O–H groups in total. The SMILES string of the molecule is CC(C)(C)C1CN(C(=O)c2c[nH]c3cccnc23)CCO1. The van der Waals surface area contributed by atoms with Crippen molar-refractivity contribution in [3.05, 3.63) is 30.1 Å². The number of nitrogens with one attached hydrogen (secondary N) is 1. The fourth-order valence-electron chi connectivity index (χ4n) is 2.65. The molecule has 1 fully saturated rings. The average molecular weight is 287 g/mol. The number of carbonyl (C=O) groups excluding carboxylic acids is 1. The number of ether oxygens (including phenoxy) is 1. The first-order valence-corrected chi connectivity index (χ1v) is 7.30.